The fourth-order valence-electron chi connectivity index (χ4n) is 5.64. The molecule has 2 atom stereocenters. The molecule has 1 N–H and O–H groups in total. The van der Waals surface area contributed by atoms with Gasteiger partial charge in [-0.05, 0) is 68.7 Å². The van der Waals surface area contributed by atoms with Gasteiger partial charge in [0, 0.05) is 23.6 Å². The average Bonchev–Trinajstić information content (AvgIpc) is 3.64. The Labute approximate surface area is 210 Å². The van der Waals surface area contributed by atoms with Crippen molar-refractivity contribution in [2.45, 2.75) is 76.8 Å². The largest absolute Gasteiger partial charge is 0.478 e. The molecule has 5 rings (SSSR count). The molecule has 2 fully saturated rings. The van der Waals surface area contributed by atoms with Crippen LogP contribution >= 0.6 is 0 Å². The van der Waals surface area contributed by atoms with Crippen LogP contribution < -0.4 is 0 Å². The van der Waals surface area contributed by atoms with E-state index in [1.165, 1.54) is 6.20 Å². The molecular weight excluding hydrogens is 457 g/mol. The van der Waals surface area contributed by atoms with Crippen molar-refractivity contribution in [3.05, 3.63) is 71.3 Å². The molecule has 1 saturated carbocycles. The second-order valence-electron chi connectivity index (χ2n) is 9.92. The molecule has 3 aromatic rings. The van der Waals surface area contributed by atoms with Crippen molar-refractivity contribution in [2.75, 3.05) is 0 Å². The first-order valence-electron chi connectivity index (χ1n) is 13.0. The summed E-state index contributed by atoms with van der Waals surface area (Å²) >= 11 is 0. The lowest BCUT2D eigenvalue weighted by molar-refractivity contribution is 0.0428. The van der Waals surface area contributed by atoms with Gasteiger partial charge in [0.05, 0.1) is 23.1 Å². The maximum Gasteiger partial charge on any atom is 0.339 e. The van der Waals surface area contributed by atoms with Crippen LogP contribution in [0, 0.1) is 5.82 Å². The summed E-state index contributed by atoms with van der Waals surface area (Å²) in [7, 11) is 0. The smallest absolute Gasteiger partial charge is 0.339 e. The Balaban J connectivity index is 1.52. The lowest BCUT2D eigenvalue weighted by Gasteiger charge is -2.42. The minimum absolute atomic E-state index is 0.0997. The molecule has 6 nitrogen and oxygen atoms in total. The SMILES string of the molecule is CCC1CCCC(CC)N1C(=O)c1cccc(-c2cccc(-n3ncc(C(=O)O)c3C3CC3)c2)c1F. The van der Waals surface area contributed by atoms with Crippen molar-refractivity contribution >= 4 is 11.9 Å². The van der Waals surface area contributed by atoms with E-state index in [9.17, 15) is 14.7 Å². The Morgan fingerprint density at radius 1 is 1.00 bits per heavy atom. The topological polar surface area (TPSA) is 75.4 Å². The molecule has 1 aliphatic carbocycles. The molecule has 1 aromatic heterocycles. The van der Waals surface area contributed by atoms with E-state index in [1.54, 1.807) is 28.9 Å². The van der Waals surface area contributed by atoms with Crippen LogP contribution in [0.3, 0.4) is 0 Å². The molecule has 2 aromatic carbocycles. The van der Waals surface area contributed by atoms with Gasteiger partial charge in [-0.3, -0.25) is 4.79 Å². The van der Waals surface area contributed by atoms with Crippen molar-refractivity contribution in [3.63, 3.8) is 0 Å². The Kier molecular flexibility index (Phi) is 6.65. The van der Waals surface area contributed by atoms with Crippen LogP contribution in [0.4, 0.5) is 4.39 Å². The van der Waals surface area contributed by atoms with Crippen LogP contribution in [-0.2, 0) is 0 Å². The fraction of sp³-hybridized carbons (Fsp3) is 0.414. The number of aromatic carboxylic acids is 1. The molecule has 1 saturated heterocycles. The number of aromatic nitrogens is 2. The summed E-state index contributed by atoms with van der Waals surface area (Å²) in [6.07, 6.45) is 7.96. The minimum atomic E-state index is -0.995. The number of piperidine rings is 1. The van der Waals surface area contributed by atoms with Gasteiger partial charge in [-0.15, -0.1) is 0 Å². The maximum atomic E-state index is 15.9. The third-order valence-corrected chi connectivity index (χ3v) is 7.67. The average molecular weight is 490 g/mol. The lowest BCUT2D eigenvalue weighted by Crippen LogP contribution is -2.49. The molecule has 2 aliphatic rings. The first kappa shape index (κ1) is 24.2. The van der Waals surface area contributed by atoms with E-state index in [0.29, 0.717) is 22.5 Å². The second kappa shape index (κ2) is 9.88. The molecule has 1 aliphatic heterocycles. The van der Waals surface area contributed by atoms with Gasteiger partial charge in [0.1, 0.15) is 11.4 Å². The summed E-state index contributed by atoms with van der Waals surface area (Å²) in [6.45, 7) is 4.17. The molecule has 0 bridgehead atoms. The molecule has 0 spiro atoms. The number of likely N-dealkylation sites (tertiary alicyclic amines) is 1. The monoisotopic (exact) mass is 489 g/mol. The van der Waals surface area contributed by atoms with Gasteiger partial charge in [0.15, 0.2) is 0 Å². The number of rotatable bonds is 7. The van der Waals surface area contributed by atoms with Crippen LogP contribution in [0.5, 0.6) is 0 Å². The Hall–Kier alpha value is -3.48. The van der Waals surface area contributed by atoms with Crippen molar-refractivity contribution in [3.8, 4) is 16.8 Å². The van der Waals surface area contributed by atoms with Crippen LogP contribution in [0.25, 0.3) is 16.8 Å². The highest BCUT2D eigenvalue weighted by Crippen LogP contribution is 2.42. The van der Waals surface area contributed by atoms with Crippen LogP contribution in [0.2, 0.25) is 0 Å². The number of hydrogen-bond donors (Lipinski definition) is 1. The summed E-state index contributed by atoms with van der Waals surface area (Å²) in [5.74, 6) is -1.59. The summed E-state index contributed by atoms with van der Waals surface area (Å²) in [4.78, 5) is 27.3. The number of nitrogens with zero attached hydrogens (tertiary/aromatic N) is 3. The fourth-order valence-corrected chi connectivity index (χ4v) is 5.64. The zero-order chi connectivity index (χ0) is 25.4. The van der Waals surface area contributed by atoms with Gasteiger partial charge in [0.25, 0.3) is 5.91 Å². The molecule has 0 radical (unpaired) electrons. The number of carboxylic acid groups (broad SMARTS) is 1. The third-order valence-electron chi connectivity index (χ3n) is 7.67. The van der Waals surface area contributed by atoms with E-state index < -0.39 is 11.8 Å². The lowest BCUT2D eigenvalue weighted by atomic mass is 9.91. The van der Waals surface area contributed by atoms with Gasteiger partial charge >= 0.3 is 5.97 Å². The molecule has 1 amide bonds. The second-order valence-corrected chi connectivity index (χ2v) is 9.92. The number of carbonyl (C=O) groups excluding carboxylic acids is 1. The minimum Gasteiger partial charge on any atom is -0.478 e. The maximum absolute atomic E-state index is 15.9. The number of amides is 1. The quantitative estimate of drug-likeness (QED) is 0.415. The molecule has 188 valence electrons. The van der Waals surface area contributed by atoms with E-state index in [0.717, 1.165) is 44.9 Å². The Morgan fingerprint density at radius 2 is 1.69 bits per heavy atom. The normalized spacial score (nSPS) is 19.9. The predicted molar refractivity (Wildman–Crippen MR) is 136 cm³/mol. The van der Waals surface area contributed by atoms with Gasteiger partial charge in [-0.1, -0.05) is 38.1 Å². The van der Waals surface area contributed by atoms with E-state index in [-0.39, 0.29) is 35.0 Å². The van der Waals surface area contributed by atoms with E-state index in [4.69, 9.17) is 0 Å². The predicted octanol–water partition coefficient (Wildman–Crippen LogP) is 6.44. The third kappa shape index (κ3) is 4.31. The zero-order valence-electron chi connectivity index (χ0n) is 20.8. The molecule has 36 heavy (non-hydrogen) atoms. The number of hydrogen-bond acceptors (Lipinski definition) is 3. The van der Waals surface area contributed by atoms with Crippen molar-refractivity contribution in [1.29, 1.82) is 0 Å². The van der Waals surface area contributed by atoms with Gasteiger partial charge in [0.2, 0.25) is 0 Å². The Morgan fingerprint density at radius 3 is 2.33 bits per heavy atom. The van der Waals surface area contributed by atoms with Crippen molar-refractivity contribution in [1.82, 2.24) is 14.7 Å². The highest BCUT2D eigenvalue weighted by Gasteiger charge is 2.35. The molecule has 2 unspecified atom stereocenters. The molecule has 2 heterocycles. The van der Waals surface area contributed by atoms with E-state index in [1.807, 2.05) is 23.1 Å². The zero-order valence-corrected chi connectivity index (χ0v) is 20.8. The number of carboxylic acids is 1. The van der Waals surface area contributed by atoms with Crippen LogP contribution in [0.15, 0.2) is 48.7 Å². The summed E-state index contributed by atoms with van der Waals surface area (Å²) < 4.78 is 17.6. The summed E-state index contributed by atoms with van der Waals surface area (Å²) in [5.41, 5.74) is 2.63. The molecular formula is C29H32FN3O3. The van der Waals surface area contributed by atoms with Gasteiger partial charge < -0.3 is 10.0 Å². The van der Waals surface area contributed by atoms with Crippen molar-refractivity contribution < 1.29 is 19.1 Å². The van der Waals surface area contributed by atoms with Gasteiger partial charge in [-0.25, -0.2) is 13.9 Å². The van der Waals surface area contributed by atoms with Crippen molar-refractivity contribution in [2.24, 2.45) is 0 Å². The highest BCUT2D eigenvalue weighted by atomic mass is 19.1. The summed E-state index contributed by atoms with van der Waals surface area (Å²) in [5, 5.41) is 13.9. The Bertz CT molecular complexity index is 1280. The first-order chi connectivity index (χ1) is 17.4. The molecule has 7 heteroatoms. The standard InChI is InChI=1S/C29H32FN3O3/c1-3-20-9-6-10-21(4-2)32(20)28(34)24-13-7-12-23(26(24)30)19-8-5-11-22(16-19)33-27(18-14-15-18)25(17-31-33)29(35)36/h5,7-8,11-13,16-18,20-21H,3-4,6,9-10,14-15H2,1-2H3,(H,35,36). The highest BCUT2D eigenvalue weighted by molar-refractivity contribution is 5.96. The van der Waals surface area contributed by atoms with Crippen LogP contribution in [0.1, 0.15) is 91.1 Å². The number of carbonyl (C=O) groups is 2. The number of halogens is 1. The summed E-state index contributed by atoms with van der Waals surface area (Å²) in [6, 6.07) is 12.5. The van der Waals surface area contributed by atoms with E-state index in [2.05, 4.69) is 18.9 Å². The van der Waals surface area contributed by atoms with Crippen LogP contribution in [-0.4, -0.2) is 43.7 Å². The number of benzene rings is 2. The van der Waals surface area contributed by atoms with E-state index >= 15 is 4.39 Å². The van der Waals surface area contributed by atoms with Gasteiger partial charge in [-0.2, -0.15) is 5.10 Å². The first-order valence-corrected chi connectivity index (χ1v) is 13.0.